The largest absolute Gasteiger partial charge is 0.497 e. The number of carbonyl (C=O) groups excluding carboxylic acids is 1. The molecule has 2 N–H and O–H groups in total. The van der Waals surface area contributed by atoms with Crippen LogP contribution in [0.5, 0.6) is 5.75 Å². The van der Waals surface area contributed by atoms with Gasteiger partial charge in [0.2, 0.25) is 0 Å². The number of nitrogens with one attached hydrogen (secondary N) is 2. The molecule has 1 unspecified atom stereocenters. The molecule has 7 nitrogen and oxygen atoms in total. The van der Waals surface area contributed by atoms with E-state index in [2.05, 4.69) is 26.8 Å². The topological polar surface area (TPSA) is 79.6 Å². The number of methoxy groups -OCH3 is 1. The second kappa shape index (κ2) is 8.02. The number of amides is 2. The van der Waals surface area contributed by atoms with Crippen LogP contribution in [0.4, 0.5) is 10.6 Å². The Hall–Kier alpha value is -2.54. The lowest BCUT2D eigenvalue weighted by atomic mass is 10.1. The lowest BCUT2D eigenvalue weighted by Gasteiger charge is -2.28. The lowest BCUT2D eigenvalue weighted by Crippen LogP contribution is -2.38. The normalized spacial score (nSPS) is 15.8. The van der Waals surface area contributed by atoms with E-state index in [0.717, 1.165) is 24.4 Å². The number of urea groups is 1. The summed E-state index contributed by atoms with van der Waals surface area (Å²) >= 11 is 0. The van der Waals surface area contributed by atoms with Crippen molar-refractivity contribution in [2.24, 2.45) is 0 Å². The number of rotatable bonds is 6. The fourth-order valence-corrected chi connectivity index (χ4v) is 3.14. The van der Waals surface area contributed by atoms with Crippen LogP contribution in [0.1, 0.15) is 30.2 Å². The Morgan fingerprint density at radius 2 is 2.16 bits per heavy atom. The average molecular weight is 344 g/mol. The van der Waals surface area contributed by atoms with Gasteiger partial charge in [-0.15, -0.1) is 0 Å². The molecule has 0 saturated carbocycles. The van der Waals surface area contributed by atoms with Crippen LogP contribution in [-0.2, 0) is 0 Å². The van der Waals surface area contributed by atoms with Gasteiger partial charge in [-0.2, -0.15) is 0 Å². The summed E-state index contributed by atoms with van der Waals surface area (Å²) in [4.78, 5) is 14.5. The van der Waals surface area contributed by atoms with Crippen molar-refractivity contribution in [1.82, 2.24) is 15.4 Å². The second-order valence-electron chi connectivity index (χ2n) is 6.19. The summed E-state index contributed by atoms with van der Waals surface area (Å²) in [6.45, 7) is 4.36. The predicted octanol–water partition coefficient (Wildman–Crippen LogP) is 2.95. The summed E-state index contributed by atoms with van der Waals surface area (Å²) in [6.07, 6.45) is 2.37. The summed E-state index contributed by atoms with van der Waals surface area (Å²) in [6, 6.07) is 9.52. The van der Waals surface area contributed by atoms with Crippen LogP contribution in [0.25, 0.3) is 0 Å². The zero-order valence-corrected chi connectivity index (χ0v) is 14.6. The van der Waals surface area contributed by atoms with Crippen molar-refractivity contribution in [3.8, 4) is 5.75 Å². The van der Waals surface area contributed by atoms with E-state index in [-0.39, 0.29) is 12.1 Å². The summed E-state index contributed by atoms with van der Waals surface area (Å²) < 4.78 is 10.3. The molecule has 1 aromatic carbocycles. The molecule has 0 bridgehead atoms. The van der Waals surface area contributed by atoms with E-state index in [1.54, 1.807) is 20.1 Å². The van der Waals surface area contributed by atoms with Crippen LogP contribution in [0.2, 0.25) is 0 Å². The molecule has 0 aliphatic carbocycles. The molecule has 1 aliphatic rings. The van der Waals surface area contributed by atoms with Crippen LogP contribution in [0.3, 0.4) is 0 Å². The quantitative estimate of drug-likeness (QED) is 0.842. The van der Waals surface area contributed by atoms with E-state index >= 15 is 0 Å². The first kappa shape index (κ1) is 17.3. The molecule has 2 amide bonds. The van der Waals surface area contributed by atoms with Gasteiger partial charge in [0, 0.05) is 12.6 Å². The van der Waals surface area contributed by atoms with E-state index < -0.39 is 0 Å². The Labute approximate surface area is 147 Å². The molecular weight excluding hydrogens is 320 g/mol. The first-order valence-corrected chi connectivity index (χ1v) is 8.52. The highest BCUT2D eigenvalue weighted by molar-refractivity contribution is 5.88. The number of nitrogens with zero attached hydrogens (tertiary/aromatic N) is 2. The van der Waals surface area contributed by atoms with Gasteiger partial charge in [-0.1, -0.05) is 17.3 Å². The van der Waals surface area contributed by atoms with Crippen LogP contribution >= 0.6 is 0 Å². The maximum Gasteiger partial charge on any atom is 0.320 e. The molecule has 2 aromatic rings. The SMILES string of the molecule is COc1cccc(C(CNC(=O)Nc2cc(C)on2)N2CCCC2)c1. The average Bonchev–Trinajstić information content (AvgIpc) is 3.27. The molecule has 1 aliphatic heterocycles. The highest BCUT2D eigenvalue weighted by Crippen LogP contribution is 2.27. The standard InChI is InChI=1S/C18H24N4O3/c1-13-10-17(21-25-13)20-18(23)19-12-16(22-8-3-4-9-22)14-6-5-7-15(11-14)24-2/h5-7,10-11,16H,3-4,8-9,12H2,1-2H3,(H2,19,20,21,23). The number of hydrogen-bond donors (Lipinski definition) is 2. The number of hydrogen-bond acceptors (Lipinski definition) is 5. The highest BCUT2D eigenvalue weighted by Gasteiger charge is 2.24. The van der Waals surface area contributed by atoms with Crippen molar-refractivity contribution in [3.63, 3.8) is 0 Å². The van der Waals surface area contributed by atoms with Gasteiger partial charge >= 0.3 is 6.03 Å². The number of aryl methyl sites for hydroxylation is 1. The van der Waals surface area contributed by atoms with Gasteiger partial charge in [0.25, 0.3) is 0 Å². The van der Waals surface area contributed by atoms with Crippen LogP contribution < -0.4 is 15.4 Å². The smallest absolute Gasteiger partial charge is 0.320 e. The van der Waals surface area contributed by atoms with Gasteiger partial charge in [-0.25, -0.2) is 4.79 Å². The maximum absolute atomic E-state index is 12.1. The van der Waals surface area contributed by atoms with E-state index in [9.17, 15) is 4.79 Å². The van der Waals surface area contributed by atoms with Crippen molar-refractivity contribution in [1.29, 1.82) is 0 Å². The van der Waals surface area contributed by atoms with E-state index in [4.69, 9.17) is 9.26 Å². The number of benzene rings is 1. The third kappa shape index (κ3) is 4.51. The minimum absolute atomic E-state index is 0.113. The molecule has 3 rings (SSSR count). The van der Waals surface area contributed by atoms with Crippen LogP contribution in [0, 0.1) is 6.92 Å². The monoisotopic (exact) mass is 344 g/mol. The molecule has 7 heteroatoms. The zero-order chi connectivity index (χ0) is 17.6. The first-order valence-electron chi connectivity index (χ1n) is 8.52. The van der Waals surface area contributed by atoms with E-state index in [1.807, 2.05) is 18.2 Å². The van der Waals surface area contributed by atoms with Gasteiger partial charge < -0.3 is 14.6 Å². The molecule has 0 spiro atoms. The summed E-state index contributed by atoms with van der Waals surface area (Å²) in [5.41, 5.74) is 1.14. The lowest BCUT2D eigenvalue weighted by molar-refractivity contribution is 0.227. The minimum Gasteiger partial charge on any atom is -0.497 e. The van der Waals surface area contributed by atoms with Gasteiger partial charge in [0.15, 0.2) is 5.82 Å². The highest BCUT2D eigenvalue weighted by atomic mass is 16.5. The molecule has 1 aromatic heterocycles. The summed E-state index contributed by atoms with van der Waals surface area (Å²) in [5.74, 6) is 1.89. The van der Waals surface area contributed by atoms with E-state index in [1.165, 1.54) is 12.8 Å². The third-order valence-corrected chi connectivity index (χ3v) is 4.39. The number of anilines is 1. The molecule has 1 fully saturated rings. The molecule has 1 saturated heterocycles. The van der Waals surface area contributed by atoms with Gasteiger partial charge in [0.05, 0.1) is 13.2 Å². The fourth-order valence-electron chi connectivity index (χ4n) is 3.14. The molecule has 2 heterocycles. The van der Waals surface area contributed by atoms with Gasteiger partial charge in [-0.3, -0.25) is 10.2 Å². The van der Waals surface area contributed by atoms with Crippen molar-refractivity contribution < 1.29 is 14.1 Å². The summed E-state index contributed by atoms with van der Waals surface area (Å²) in [7, 11) is 1.66. The van der Waals surface area contributed by atoms with Crippen LogP contribution in [0.15, 0.2) is 34.9 Å². The molecule has 134 valence electrons. The number of ether oxygens (including phenoxy) is 1. The Morgan fingerprint density at radius 1 is 1.36 bits per heavy atom. The second-order valence-corrected chi connectivity index (χ2v) is 6.19. The van der Waals surface area contributed by atoms with E-state index in [0.29, 0.717) is 18.1 Å². The van der Waals surface area contributed by atoms with Crippen molar-refractivity contribution >= 4 is 11.8 Å². The number of carbonyl (C=O) groups is 1. The minimum atomic E-state index is -0.291. The Kier molecular flexibility index (Phi) is 5.55. The van der Waals surface area contributed by atoms with Gasteiger partial charge in [0.1, 0.15) is 11.5 Å². The Bertz CT molecular complexity index is 710. The molecule has 25 heavy (non-hydrogen) atoms. The summed E-state index contributed by atoms with van der Waals surface area (Å²) in [5, 5.41) is 9.39. The molecule has 1 atom stereocenters. The van der Waals surface area contributed by atoms with Crippen molar-refractivity contribution in [2.45, 2.75) is 25.8 Å². The Balaban J connectivity index is 1.66. The number of aromatic nitrogens is 1. The molecular formula is C18H24N4O3. The zero-order valence-electron chi connectivity index (χ0n) is 14.6. The fraction of sp³-hybridized carbons (Fsp3) is 0.444. The molecule has 0 radical (unpaired) electrons. The van der Waals surface area contributed by atoms with Crippen LogP contribution in [-0.4, -0.2) is 42.8 Å². The van der Waals surface area contributed by atoms with Gasteiger partial charge in [-0.05, 0) is 50.6 Å². The number of likely N-dealkylation sites (tertiary alicyclic amines) is 1. The van der Waals surface area contributed by atoms with Crippen molar-refractivity contribution in [2.75, 3.05) is 32.1 Å². The predicted molar refractivity (Wildman–Crippen MR) is 94.8 cm³/mol. The third-order valence-electron chi connectivity index (χ3n) is 4.39. The first-order chi connectivity index (χ1) is 12.2. The van der Waals surface area contributed by atoms with Crippen molar-refractivity contribution in [3.05, 3.63) is 41.7 Å². The Morgan fingerprint density at radius 3 is 2.84 bits per heavy atom. The maximum atomic E-state index is 12.1.